The zero-order chi connectivity index (χ0) is 33.8. The summed E-state index contributed by atoms with van der Waals surface area (Å²) in [6.07, 6.45) is -4.38. The number of nitrogens with zero attached hydrogens (tertiary/aromatic N) is 1. The largest absolute Gasteiger partial charge is 0.466 e. The number of alkyl halides is 3. The number of benzene rings is 2. The van der Waals surface area contributed by atoms with E-state index in [1.807, 2.05) is 32.9 Å². The molecular formula is C34H41F4N3O4. The number of aryl methyl sites for hydroxylation is 4. The topological polar surface area (TPSA) is 103 Å². The number of pyridine rings is 1. The number of halogens is 4. The number of nitrogens with two attached hydrogens (primary N) is 1. The maximum atomic E-state index is 15.9. The van der Waals surface area contributed by atoms with Gasteiger partial charge in [-0.15, -0.1) is 0 Å². The van der Waals surface area contributed by atoms with Gasteiger partial charge in [-0.05, 0) is 99.0 Å². The van der Waals surface area contributed by atoms with E-state index in [4.69, 9.17) is 10.5 Å². The van der Waals surface area contributed by atoms with Gasteiger partial charge in [-0.25, -0.2) is 4.39 Å². The summed E-state index contributed by atoms with van der Waals surface area (Å²) >= 11 is 0. The van der Waals surface area contributed by atoms with Crippen molar-refractivity contribution in [2.24, 2.45) is 11.7 Å². The number of nitrogens with one attached hydrogen (secondary N) is 1. The number of rotatable bonds is 11. The van der Waals surface area contributed by atoms with E-state index in [-0.39, 0.29) is 36.3 Å². The molecule has 45 heavy (non-hydrogen) atoms. The first-order valence-corrected chi connectivity index (χ1v) is 14.9. The van der Waals surface area contributed by atoms with Crippen molar-refractivity contribution in [1.82, 2.24) is 9.88 Å². The van der Waals surface area contributed by atoms with Crippen LogP contribution in [-0.4, -0.2) is 29.6 Å². The molecule has 2 aromatic carbocycles. The minimum atomic E-state index is -4.79. The van der Waals surface area contributed by atoms with Gasteiger partial charge >= 0.3 is 12.1 Å². The Kier molecular flexibility index (Phi) is 11.4. The van der Waals surface area contributed by atoms with Crippen LogP contribution in [0, 0.1) is 39.4 Å². The van der Waals surface area contributed by atoms with Gasteiger partial charge in [0.2, 0.25) is 5.91 Å². The molecule has 0 radical (unpaired) electrons. The molecule has 2 atom stereocenters. The van der Waals surface area contributed by atoms with Crippen molar-refractivity contribution in [3.63, 3.8) is 0 Å². The van der Waals surface area contributed by atoms with Gasteiger partial charge < -0.3 is 20.4 Å². The zero-order valence-corrected chi connectivity index (χ0v) is 26.7. The van der Waals surface area contributed by atoms with E-state index >= 15 is 4.39 Å². The van der Waals surface area contributed by atoms with Crippen LogP contribution in [0.2, 0.25) is 0 Å². The Hall–Kier alpha value is -3.99. The smallest absolute Gasteiger partial charge is 0.416 e. The fraction of sp³-hybridized carbons (Fsp3) is 0.441. The summed E-state index contributed by atoms with van der Waals surface area (Å²) in [5.41, 5.74) is 8.06. The Morgan fingerprint density at radius 1 is 1.00 bits per heavy atom. The normalized spacial score (nSPS) is 13.1. The molecule has 1 heterocycles. The maximum absolute atomic E-state index is 15.9. The first-order valence-electron chi connectivity index (χ1n) is 14.9. The second kappa shape index (κ2) is 14.4. The van der Waals surface area contributed by atoms with Gasteiger partial charge in [-0.1, -0.05) is 31.5 Å². The van der Waals surface area contributed by atoms with Crippen molar-refractivity contribution in [2.75, 3.05) is 13.2 Å². The number of aromatic nitrogens is 1. The van der Waals surface area contributed by atoms with Crippen LogP contribution < -0.4 is 16.6 Å². The second-order valence-corrected chi connectivity index (χ2v) is 11.7. The summed E-state index contributed by atoms with van der Waals surface area (Å²) in [5, 5.41) is 2.72. The van der Waals surface area contributed by atoms with Crippen molar-refractivity contribution in [1.29, 1.82) is 0 Å². The third-order valence-electron chi connectivity index (χ3n) is 7.70. The lowest BCUT2D eigenvalue weighted by Crippen LogP contribution is -2.42. The summed E-state index contributed by atoms with van der Waals surface area (Å²) in [6, 6.07) is 5.27. The molecule has 3 aromatic rings. The highest BCUT2D eigenvalue weighted by molar-refractivity contribution is 5.82. The molecular weight excluding hydrogens is 590 g/mol. The Morgan fingerprint density at radius 2 is 1.62 bits per heavy atom. The van der Waals surface area contributed by atoms with Gasteiger partial charge in [-0.3, -0.25) is 14.4 Å². The zero-order valence-electron chi connectivity index (χ0n) is 26.7. The van der Waals surface area contributed by atoms with E-state index in [2.05, 4.69) is 5.32 Å². The molecule has 0 saturated heterocycles. The van der Waals surface area contributed by atoms with Gasteiger partial charge in [0.1, 0.15) is 11.9 Å². The van der Waals surface area contributed by atoms with Crippen molar-refractivity contribution in [2.45, 2.75) is 79.6 Å². The van der Waals surface area contributed by atoms with Crippen LogP contribution in [0.3, 0.4) is 0 Å². The lowest BCUT2D eigenvalue weighted by molar-refractivity contribution is -0.144. The molecule has 0 aliphatic rings. The van der Waals surface area contributed by atoms with Crippen LogP contribution >= 0.6 is 0 Å². The van der Waals surface area contributed by atoms with E-state index in [9.17, 15) is 27.6 Å². The van der Waals surface area contributed by atoms with Crippen LogP contribution in [-0.2, 0) is 26.9 Å². The monoisotopic (exact) mass is 631 g/mol. The number of carbonyl (C=O) groups excluding carboxylic acids is 2. The predicted molar refractivity (Wildman–Crippen MR) is 165 cm³/mol. The van der Waals surface area contributed by atoms with E-state index in [0.29, 0.717) is 11.6 Å². The molecule has 1 aromatic heterocycles. The Labute approximate surface area is 260 Å². The number of ether oxygens (including phenoxy) is 1. The molecule has 0 aliphatic carbocycles. The van der Waals surface area contributed by atoms with Crippen molar-refractivity contribution in [3.8, 4) is 11.1 Å². The quantitative estimate of drug-likeness (QED) is 0.188. The molecule has 244 valence electrons. The van der Waals surface area contributed by atoms with Crippen molar-refractivity contribution in [3.05, 3.63) is 91.6 Å². The molecule has 7 nitrogen and oxygen atoms in total. The highest BCUT2D eigenvalue weighted by Crippen LogP contribution is 2.35. The summed E-state index contributed by atoms with van der Waals surface area (Å²) in [7, 11) is 0. The number of carbonyl (C=O) groups is 2. The van der Waals surface area contributed by atoms with Gasteiger partial charge in [-0.2, -0.15) is 13.2 Å². The van der Waals surface area contributed by atoms with Crippen molar-refractivity contribution >= 4 is 11.9 Å². The highest BCUT2D eigenvalue weighted by atomic mass is 19.4. The Bertz CT molecular complexity index is 1610. The number of hydrogen-bond donors (Lipinski definition) is 2. The summed E-state index contributed by atoms with van der Waals surface area (Å²) in [6.45, 7) is 12.3. The fourth-order valence-electron chi connectivity index (χ4n) is 5.89. The molecule has 0 fully saturated rings. The highest BCUT2D eigenvalue weighted by Gasteiger charge is 2.36. The van der Waals surface area contributed by atoms with Crippen LogP contribution in [0.25, 0.3) is 11.1 Å². The molecule has 0 spiro atoms. The molecule has 0 aliphatic heterocycles. The predicted octanol–water partition coefficient (Wildman–Crippen LogP) is 6.42. The third-order valence-corrected chi connectivity index (χ3v) is 7.70. The third kappa shape index (κ3) is 8.19. The van der Waals surface area contributed by atoms with E-state index in [1.54, 1.807) is 39.8 Å². The molecule has 11 heteroatoms. The van der Waals surface area contributed by atoms with Crippen molar-refractivity contribution < 1.29 is 31.9 Å². The Morgan fingerprint density at radius 3 is 2.16 bits per heavy atom. The average molecular weight is 632 g/mol. The minimum Gasteiger partial charge on any atom is -0.466 e. The number of amides is 1. The van der Waals surface area contributed by atoms with E-state index in [1.165, 1.54) is 0 Å². The lowest BCUT2D eigenvalue weighted by atomic mass is 9.89. The van der Waals surface area contributed by atoms with E-state index < -0.39 is 59.4 Å². The summed E-state index contributed by atoms with van der Waals surface area (Å²) in [4.78, 5) is 39.6. The average Bonchev–Trinajstić information content (AvgIpc) is 2.90. The van der Waals surface area contributed by atoms with Crippen LogP contribution in [0.4, 0.5) is 17.6 Å². The number of esters is 1. The maximum Gasteiger partial charge on any atom is 0.416 e. The lowest BCUT2D eigenvalue weighted by Gasteiger charge is -2.28. The second-order valence-electron chi connectivity index (χ2n) is 11.7. The van der Waals surface area contributed by atoms with Gasteiger partial charge in [0.25, 0.3) is 5.56 Å². The fourth-order valence-corrected chi connectivity index (χ4v) is 5.89. The first kappa shape index (κ1) is 35.5. The first-order chi connectivity index (χ1) is 21.0. The summed E-state index contributed by atoms with van der Waals surface area (Å²) in [5.74, 6) is -2.67. The van der Waals surface area contributed by atoms with Crippen LogP contribution in [0.15, 0.2) is 41.3 Å². The minimum absolute atomic E-state index is 0.0388. The molecule has 0 bridgehead atoms. The molecule has 3 N–H and O–H groups in total. The summed E-state index contributed by atoms with van der Waals surface area (Å²) < 4.78 is 63.0. The molecule has 2 unspecified atom stereocenters. The SMILES string of the molecule is CCOC(=O)CC(NC(=O)C(C(C)C)n1cc(CCN)c(C(F)(F)F)cc1=O)c1cc(-c2c(C)cc(C)cc2C)cc(C)c1F. The molecule has 3 rings (SSSR count). The van der Waals surface area contributed by atoms with E-state index in [0.717, 1.165) is 33.0 Å². The Balaban J connectivity index is 2.17. The van der Waals surface area contributed by atoms with Gasteiger partial charge in [0, 0.05) is 17.8 Å². The number of hydrogen-bond acceptors (Lipinski definition) is 5. The van der Waals surface area contributed by atoms with Gasteiger partial charge in [0.05, 0.1) is 24.6 Å². The van der Waals surface area contributed by atoms with Crippen LogP contribution in [0.5, 0.6) is 0 Å². The molecule has 1 amide bonds. The van der Waals surface area contributed by atoms with Crippen LogP contribution in [0.1, 0.15) is 78.2 Å². The standard InChI is InChI=1S/C34H41F4N3O4/c1-8-45-29(43)16-27(25-14-24(13-22(7)31(25)35)30-20(5)11-19(4)12-21(30)6)40-33(44)32(18(2)3)41-17-23(9-10-39)26(15-28(41)42)34(36,37)38/h11-15,17-18,27,32H,8-10,16,39H2,1-7H3,(H,40,44). The molecule has 0 saturated carbocycles. The van der Waals surface area contributed by atoms with Gasteiger partial charge in [0.15, 0.2) is 0 Å².